The highest BCUT2D eigenvalue weighted by molar-refractivity contribution is 6.02. The van der Waals surface area contributed by atoms with E-state index in [1.54, 1.807) is 18.3 Å². The Morgan fingerprint density at radius 1 is 1.17 bits per heavy atom. The Bertz CT molecular complexity index is 1160. The molecule has 0 bridgehead atoms. The molecule has 1 aromatic heterocycles. The van der Waals surface area contributed by atoms with E-state index in [0.29, 0.717) is 28.2 Å². The summed E-state index contributed by atoms with van der Waals surface area (Å²) in [6.45, 7) is -0.494. The fraction of sp³-hybridized carbons (Fsp3) is 0.0952. The molecule has 8 heteroatoms. The second-order valence-electron chi connectivity index (χ2n) is 6.20. The van der Waals surface area contributed by atoms with Crippen molar-refractivity contribution in [3.05, 3.63) is 66.0 Å². The zero-order chi connectivity index (χ0) is 20.2. The fourth-order valence-electron chi connectivity index (χ4n) is 2.73. The Hall–Kier alpha value is -4.07. The van der Waals surface area contributed by atoms with Crippen LogP contribution in [0.4, 0.5) is 5.69 Å². The van der Waals surface area contributed by atoms with E-state index in [9.17, 15) is 14.4 Å². The average Bonchev–Trinajstić information content (AvgIpc) is 2.75. The summed E-state index contributed by atoms with van der Waals surface area (Å²) < 4.78 is 10.2. The van der Waals surface area contributed by atoms with Gasteiger partial charge < -0.3 is 14.8 Å². The molecule has 2 aromatic carbocycles. The van der Waals surface area contributed by atoms with Crippen LogP contribution in [0.3, 0.4) is 0 Å². The maximum Gasteiger partial charge on any atom is 0.331 e. The van der Waals surface area contributed by atoms with E-state index < -0.39 is 18.4 Å². The predicted molar refractivity (Wildman–Crippen MR) is 104 cm³/mol. The van der Waals surface area contributed by atoms with E-state index >= 15 is 0 Å². The van der Waals surface area contributed by atoms with Crippen molar-refractivity contribution in [1.82, 2.24) is 9.97 Å². The van der Waals surface area contributed by atoms with Crippen LogP contribution >= 0.6 is 0 Å². The van der Waals surface area contributed by atoms with E-state index in [-0.39, 0.29) is 12.5 Å². The smallest absolute Gasteiger partial charge is 0.331 e. The van der Waals surface area contributed by atoms with Crippen molar-refractivity contribution in [3.8, 4) is 5.75 Å². The number of hydrogen-bond donors (Lipinski definition) is 1. The molecule has 1 N–H and O–H groups in total. The Morgan fingerprint density at radius 2 is 2.00 bits per heavy atom. The minimum absolute atomic E-state index is 0.0637. The number of hydrogen-bond acceptors (Lipinski definition) is 7. The van der Waals surface area contributed by atoms with E-state index in [0.717, 1.165) is 5.52 Å². The number of para-hydroxylation sites is 2. The number of Topliss-reactive ketones (excluding diaryl/α,β-unsaturated/α-hetero) is 1. The Morgan fingerprint density at radius 3 is 2.86 bits per heavy atom. The number of rotatable bonds is 5. The molecule has 144 valence electrons. The van der Waals surface area contributed by atoms with Crippen molar-refractivity contribution in [3.63, 3.8) is 0 Å². The number of ether oxygens (including phenoxy) is 2. The van der Waals surface area contributed by atoms with Gasteiger partial charge in [-0.2, -0.15) is 0 Å². The molecular weight excluding hydrogens is 374 g/mol. The average molecular weight is 389 g/mol. The highest BCUT2D eigenvalue weighted by Gasteiger charge is 2.18. The Kier molecular flexibility index (Phi) is 4.98. The van der Waals surface area contributed by atoms with Crippen molar-refractivity contribution in [2.75, 3.05) is 18.5 Å². The lowest BCUT2D eigenvalue weighted by atomic mass is 10.1. The summed E-state index contributed by atoms with van der Waals surface area (Å²) in [5, 5.41) is 2.62. The largest absolute Gasteiger partial charge is 0.482 e. The van der Waals surface area contributed by atoms with Crippen molar-refractivity contribution >= 4 is 40.5 Å². The minimum Gasteiger partial charge on any atom is -0.482 e. The molecule has 0 spiro atoms. The summed E-state index contributed by atoms with van der Waals surface area (Å²) in [4.78, 5) is 44.2. The van der Waals surface area contributed by atoms with Gasteiger partial charge in [0, 0.05) is 11.6 Å². The van der Waals surface area contributed by atoms with E-state index in [4.69, 9.17) is 9.47 Å². The maximum atomic E-state index is 12.3. The molecule has 4 rings (SSSR count). The van der Waals surface area contributed by atoms with Crippen LogP contribution < -0.4 is 10.1 Å². The zero-order valence-electron chi connectivity index (χ0n) is 15.1. The number of esters is 1. The number of carbonyl (C=O) groups excluding carboxylic acids is 3. The molecule has 0 saturated heterocycles. The zero-order valence-corrected chi connectivity index (χ0v) is 15.1. The van der Waals surface area contributed by atoms with Crippen LogP contribution in [-0.2, 0) is 14.3 Å². The molecular formula is C21H15N3O5. The second kappa shape index (κ2) is 7.89. The number of fused-ring (bicyclic) bond motifs is 2. The van der Waals surface area contributed by atoms with Gasteiger partial charge in [-0.05, 0) is 36.4 Å². The summed E-state index contributed by atoms with van der Waals surface area (Å²) in [5.41, 5.74) is 2.67. The lowest BCUT2D eigenvalue weighted by Gasteiger charge is -2.18. The molecule has 3 aromatic rings. The number of anilines is 1. The van der Waals surface area contributed by atoms with Crippen LogP contribution in [-0.4, -0.2) is 40.8 Å². The van der Waals surface area contributed by atoms with Gasteiger partial charge in [-0.15, -0.1) is 0 Å². The fourth-order valence-corrected chi connectivity index (χ4v) is 2.73. The second-order valence-corrected chi connectivity index (χ2v) is 6.20. The molecule has 29 heavy (non-hydrogen) atoms. The number of benzene rings is 2. The first-order valence-electron chi connectivity index (χ1n) is 8.75. The highest BCUT2D eigenvalue weighted by Crippen LogP contribution is 2.28. The topological polar surface area (TPSA) is 107 Å². The van der Waals surface area contributed by atoms with Crippen molar-refractivity contribution in [2.45, 2.75) is 0 Å². The third-order valence-corrected chi connectivity index (χ3v) is 4.14. The Balaban J connectivity index is 1.36. The highest BCUT2D eigenvalue weighted by atomic mass is 16.5. The molecule has 1 aliphatic heterocycles. The van der Waals surface area contributed by atoms with Crippen LogP contribution in [0.5, 0.6) is 5.75 Å². The first-order valence-corrected chi connectivity index (χ1v) is 8.75. The molecule has 0 saturated carbocycles. The van der Waals surface area contributed by atoms with Gasteiger partial charge in [0.25, 0.3) is 5.91 Å². The van der Waals surface area contributed by atoms with Gasteiger partial charge in [0.2, 0.25) is 0 Å². The third-order valence-electron chi connectivity index (χ3n) is 4.14. The molecule has 0 fully saturated rings. The summed E-state index contributed by atoms with van der Waals surface area (Å²) >= 11 is 0. The first-order chi connectivity index (χ1) is 14.1. The Labute approximate surface area is 165 Å². The lowest BCUT2D eigenvalue weighted by Crippen LogP contribution is -2.25. The molecule has 0 aliphatic carbocycles. The third kappa shape index (κ3) is 4.27. The van der Waals surface area contributed by atoms with Crippen molar-refractivity contribution in [1.29, 1.82) is 0 Å². The summed E-state index contributed by atoms with van der Waals surface area (Å²) in [6, 6.07) is 12.0. The number of amides is 1. The van der Waals surface area contributed by atoms with Gasteiger partial charge in [0.1, 0.15) is 5.75 Å². The van der Waals surface area contributed by atoms with Crippen LogP contribution in [0, 0.1) is 0 Å². The number of carbonyl (C=O) groups is 3. The summed E-state index contributed by atoms with van der Waals surface area (Å²) in [7, 11) is 0. The van der Waals surface area contributed by atoms with Gasteiger partial charge in [0.15, 0.2) is 19.0 Å². The standard InChI is InChI=1S/C21H15N3O5/c25-18(13-5-7-19-17(9-13)24-20(26)12-28-19)11-29-21(27)8-6-14-10-22-15-3-1-2-4-16(15)23-14/h1-10H,11-12H2,(H,24,26)/b8-6+. The number of aromatic nitrogens is 2. The lowest BCUT2D eigenvalue weighted by molar-refractivity contribution is -0.136. The maximum absolute atomic E-state index is 12.3. The van der Waals surface area contributed by atoms with Crippen LogP contribution in [0.25, 0.3) is 17.1 Å². The molecule has 2 heterocycles. The van der Waals surface area contributed by atoms with Crippen LogP contribution in [0.1, 0.15) is 16.1 Å². The minimum atomic E-state index is -0.678. The van der Waals surface area contributed by atoms with Crippen molar-refractivity contribution in [2.24, 2.45) is 0 Å². The summed E-state index contributed by atoms with van der Waals surface area (Å²) in [5.74, 6) is -0.893. The van der Waals surface area contributed by atoms with E-state index in [2.05, 4.69) is 15.3 Å². The predicted octanol–water partition coefficient (Wildman–Crippen LogP) is 2.40. The van der Waals surface area contributed by atoms with Gasteiger partial charge in [0.05, 0.1) is 28.6 Å². The van der Waals surface area contributed by atoms with E-state index in [1.807, 2.05) is 24.3 Å². The monoisotopic (exact) mass is 389 g/mol. The normalized spacial score (nSPS) is 12.9. The van der Waals surface area contributed by atoms with Gasteiger partial charge in [-0.3, -0.25) is 14.6 Å². The number of nitrogens with zero attached hydrogens (tertiary/aromatic N) is 2. The first kappa shape index (κ1) is 18.3. The quantitative estimate of drug-likeness (QED) is 0.406. The number of ketones is 1. The van der Waals surface area contributed by atoms with Gasteiger partial charge >= 0.3 is 5.97 Å². The van der Waals surface area contributed by atoms with Crippen molar-refractivity contribution < 1.29 is 23.9 Å². The molecule has 8 nitrogen and oxygen atoms in total. The van der Waals surface area contributed by atoms with Gasteiger partial charge in [-0.25, -0.2) is 9.78 Å². The van der Waals surface area contributed by atoms with E-state index in [1.165, 1.54) is 18.2 Å². The van der Waals surface area contributed by atoms with Crippen LogP contribution in [0.15, 0.2) is 54.7 Å². The molecule has 0 radical (unpaired) electrons. The summed E-state index contributed by atoms with van der Waals surface area (Å²) in [6.07, 6.45) is 4.20. The SMILES string of the molecule is O=C1COc2ccc(C(=O)COC(=O)/C=C/c3cnc4ccccc4n3)cc2N1. The molecule has 1 aliphatic rings. The molecule has 0 unspecified atom stereocenters. The molecule has 0 atom stereocenters. The number of nitrogens with one attached hydrogen (secondary N) is 1. The molecule has 1 amide bonds. The van der Waals surface area contributed by atoms with Crippen LogP contribution in [0.2, 0.25) is 0 Å². The van der Waals surface area contributed by atoms with Gasteiger partial charge in [-0.1, -0.05) is 12.1 Å².